The lowest BCUT2D eigenvalue weighted by molar-refractivity contribution is -0.782. The Morgan fingerprint density at radius 1 is 1.44 bits per heavy atom. The van der Waals surface area contributed by atoms with E-state index in [1.807, 2.05) is 0 Å². The molecule has 12 heteroatoms. The van der Waals surface area contributed by atoms with Crippen molar-refractivity contribution in [2.24, 2.45) is 10.3 Å². The molecule has 0 radical (unpaired) electrons. The van der Waals surface area contributed by atoms with Crippen molar-refractivity contribution in [1.29, 1.82) is 0 Å². The number of aromatic nitrogens is 4. The Balaban J connectivity index is 2.73. The van der Waals surface area contributed by atoms with Crippen molar-refractivity contribution in [1.82, 2.24) is 15.2 Å². The van der Waals surface area contributed by atoms with Crippen LogP contribution in [0.1, 0.15) is 0 Å². The van der Waals surface area contributed by atoms with Crippen LogP contribution in [0.3, 0.4) is 0 Å². The molecule has 18 heavy (non-hydrogen) atoms. The molecular weight excluding hydrogens is 252 g/mol. The minimum absolute atomic E-state index is 0.0884. The first-order valence-corrected chi connectivity index (χ1v) is 4.34. The van der Waals surface area contributed by atoms with E-state index in [-0.39, 0.29) is 37.6 Å². The van der Waals surface area contributed by atoms with Crippen molar-refractivity contribution in [2.75, 3.05) is 0 Å². The van der Waals surface area contributed by atoms with Crippen LogP contribution < -0.4 is 10.3 Å². The van der Waals surface area contributed by atoms with Gasteiger partial charge in [-0.3, -0.25) is 4.63 Å². The highest BCUT2D eigenvalue weighted by Crippen LogP contribution is 2.33. The highest BCUT2D eigenvalue weighted by Gasteiger charge is 2.32. The fourth-order valence-electron chi connectivity index (χ4n) is 1.62. The summed E-state index contributed by atoms with van der Waals surface area (Å²) >= 11 is 0. The fourth-order valence-corrected chi connectivity index (χ4v) is 1.62. The molecule has 0 unspecified atom stereocenters. The standard InChI is InChI=1S/C6H2N6O6/c13-7-1-3-6(12(16)17-9-3)2(8-14)4-5(1)11(15)18-10-4/h13,16H/b7-1-. The van der Waals surface area contributed by atoms with Crippen molar-refractivity contribution in [3.05, 3.63) is 15.5 Å². The molecule has 0 fully saturated rings. The van der Waals surface area contributed by atoms with E-state index >= 15 is 0 Å². The predicted molar refractivity (Wildman–Crippen MR) is 47.6 cm³/mol. The monoisotopic (exact) mass is 254 g/mol. The van der Waals surface area contributed by atoms with Crippen molar-refractivity contribution in [2.45, 2.75) is 0 Å². The van der Waals surface area contributed by atoms with Gasteiger partial charge in [0, 0.05) is 5.16 Å². The van der Waals surface area contributed by atoms with Crippen LogP contribution in [0.25, 0.3) is 22.4 Å². The van der Waals surface area contributed by atoms with E-state index in [1.165, 1.54) is 0 Å². The number of fused-ring (bicyclic) bond motifs is 2. The molecule has 12 nitrogen and oxygen atoms in total. The Hall–Kier alpha value is -3.18. The maximum Gasteiger partial charge on any atom is 0.282 e. The highest BCUT2D eigenvalue weighted by atomic mass is 16.8. The Morgan fingerprint density at radius 2 is 2.22 bits per heavy atom. The van der Waals surface area contributed by atoms with Crippen LogP contribution in [0, 0.1) is 10.1 Å². The molecule has 0 saturated heterocycles. The third-order valence-electron chi connectivity index (χ3n) is 2.33. The number of benzene rings is 1. The maximum absolute atomic E-state index is 11.3. The van der Waals surface area contributed by atoms with Gasteiger partial charge >= 0.3 is 0 Å². The van der Waals surface area contributed by atoms with E-state index in [9.17, 15) is 15.3 Å². The molecule has 1 aliphatic carbocycles. The molecule has 1 aromatic heterocycles. The first-order chi connectivity index (χ1) is 8.69. The van der Waals surface area contributed by atoms with Gasteiger partial charge in [0.2, 0.25) is 0 Å². The van der Waals surface area contributed by atoms with Gasteiger partial charge in [-0.1, -0.05) is 5.16 Å². The third-order valence-corrected chi connectivity index (χ3v) is 2.33. The van der Waals surface area contributed by atoms with Gasteiger partial charge in [-0.25, -0.2) is 4.63 Å². The van der Waals surface area contributed by atoms with Crippen LogP contribution in [-0.2, 0) is 0 Å². The fraction of sp³-hybridized carbons (Fsp3) is 0. The Kier molecular flexibility index (Phi) is 1.76. The second-order valence-corrected chi connectivity index (χ2v) is 3.16. The summed E-state index contributed by atoms with van der Waals surface area (Å²) in [6.07, 6.45) is 0. The first-order valence-electron chi connectivity index (χ1n) is 4.34. The van der Waals surface area contributed by atoms with E-state index in [4.69, 9.17) is 5.21 Å². The molecule has 2 heterocycles. The number of nitrogens with zero attached hydrogens (tertiary/aromatic N) is 6. The molecule has 3 rings (SSSR count). The zero-order chi connectivity index (χ0) is 12.9. The summed E-state index contributed by atoms with van der Waals surface area (Å²) in [6, 6.07) is 0. The zero-order valence-corrected chi connectivity index (χ0v) is 8.21. The van der Waals surface area contributed by atoms with Crippen molar-refractivity contribution in [3.8, 4) is 11.4 Å². The van der Waals surface area contributed by atoms with Crippen molar-refractivity contribution in [3.63, 3.8) is 0 Å². The molecule has 1 aliphatic heterocycles. The van der Waals surface area contributed by atoms with Crippen molar-refractivity contribution < 1.29 is 24.6 Å². The lowest BCUT2D eigenvalue weighted by Gasteiger charge is -1.96. The second-order valence-electron chi connectivity index (χ2n) is 3.16. The Bertz CT molecular complexity index is 797. The van der Waals surface area contributed by atoms with Crippen LogP contribution in [0.2, 0.25) is 0 Å². The molecule has 0 atom stereocenters. The summed E-state index contributed by atoms with van der Waals surface area (Å²) in [5.41, 5.74) is -1.66. The van der Waals surface area contributed by atoms with Crippen molar-refractivity contribution >= 4 is 16.7 Å². The molecule has 0 saturated carbocycles. The minimum atomic E-state index is -0.436. The van der Waals surface area contributed by atoms with Gasteiger partial charge in [0.25, 0.3) is 11.0 Å². The quantitative estimate of drug-likeness (QED) is 0.188. The normalized spacial score (nSPS) is 12.6. The number of nitroso groups, excluding NO2 is 1. The summed E-state index contributed by atoms with van der Waals surface area (Å²) in [4.78, 5) is 10.8. The van der Waals surface area contributed by atoms with E-state index in [2.05, 4.69) is 29.9 Å². The van der Waals surface area contributed by atoms with Gasteiger partial charge in [-0.2, -0.15) is 0 Å². The Morgan fingerprint density at radius 3 is 2.89 bits per heavy atom. The second kappa shape index (κ2) is 3.16. The maximum atomic E-state index is 11.3. The van der Waals surface area contributed by atoms with Gasteiger partial charge < -0.3 is 15.6 Å². The van der Waals surface area contributed by atoms with E-state index in [1.54, 1.807) is 0 Å². The average Bonchev–Trinajstić information content (AvgIpc) is 2.93. The average molecular weight is 254 g/mol. The minimum Gasteiger partial charge on any atom is -0.410 e. The smallest absolute Gasteiger partial charge is 0.282 e. The van der Waals surface area contributed by atoms with Gasteiger partial charge in [0.1, 0.15) is 0 Å². The van der Waals surface area contributed by atoms with E-state index in [0.29, 0.717) is 0 Å². The molecular formula is C6H2N6O6. The number of rotatable bonds is 1. The SMILES string of the molecule is O=Nc1c2n(O)onc-2/c(=N/O)c2c1no[n+]2[O-]. The third kappa shape index (κ3) is 0.977. The molecule has 0 spiro atoms. The number of hydrogen-bond acceptors (Lipinski definition) is 10. The molecule has 2 aliphatic rings. The summed E-state index contributed by atoms with van der Waals surface area (Å²) < 4.78 is 8.64. The molecule has 0 amide bonds. The van der Waals surface area contributed by atoms with Crippen LogP contribution in [0.4, 0.5) is 5.69 Å². The van der Waals surface area contributed by atoms with Crippen LogP contribution >= 0.6 is 0 Å². The van der Waals surface area contributed by atoms with Gasteiger partial charge in [-0.05, 0) is 20.1 Å². The molecule has 2 N–H and O–H groups in total. The molecule has 1 aromatic rings. The lowest BCUT2D eigenvalue weighted by Crippen LogP contribution is -2.29. The molecule has 0 bridgehead atoms. The lowest BCUT2D eigenvalue weighted by atomic mass is 10.1. The van der Waals surface area contributed by atoms with Gasteiger partial charge in [0.05, 0.1) is 0 Å². The first kappa shape index (κ1) is 10.0. The molecule has 92 valence electrons. The van der Waals surface area contributed by atoms with Crippen LogP contribution in [0.5, 0.6) is 0 Å². The predicted octanol–water partition coefficient (Wildman–Crippen LogP) is -0.719. The summed E-state index contributed by atoms with van der Waals surface area (Å²) in [5.74, 6) is 0. The molecule has 0 aromatic carbocycles. The van der Waals surface area contributed by atoms with Gasteiger partial charge in [0.15, 0.2) is 22.4 Å². The topological polar surface area (TPSA) is 166 Å². The van der Waals surface area contributed by atoms with E-state index in [0.717, 1.165) is 0 Å². The highest BCUT2D eigenvalue weighted by molar-refractivity contribution is 5.94. The van der Waals surface area contributed by atoms with Crippen LogP contribution in [0.15, 0.2) is 19.6 Å². The van der Waals surface area contributed by atoms with Crippen LogP contribution in [-0.4, -0.2) is 25.6 Å². The zero-order valence-electron chi connectivity index (χ0n) is 8.21. The number of hydrogen-bond donors (Lipinski definition) is 2. The Labute approximate surface area is 94.7 Å². The summed E-state index contributed by atoms with van der Waals surface area (Å²) in [7, 11) is 0. The summed E-state index contributed by atoms with van der Waals surface area (Å²) in [5, 5.41) is 41.2. The van der Waals surface area contributed by atoms with Gasteiger partial charge in [-0.15, -0.1) is 4.91 Å². The van der Waals surface area contributed by atoms with E-state index < -0.39 is 5.69 Å². The summed E-state index contributed by atoms with van der Waals surface area (Å²) in [6.45, 7) is 0. The largest absolute Gasteiger partial charge is 0.410 e.